The molecule has 0 unspecified atom stereocenters. The molecule has 126 valence electrons. The van der Waals surface area contributed by atoms with Crippen molar-refractivity contribution in [2.24, 2.45) is 0 Å². The van der Waals surface area contributed by atoms with Gasteiger partial charge in [0.15, 0.2) is 0 Å². The molecule has 1 amide bonds. The van der Waals surface area contributed by atoms with E-state index >= 15 is 0 Å². The molecule has 2 aliphatic heterocycles. The number of ether oxygens (including phenoxy) is 2. The van der Waals surface area contributed by atoms with Crippen molar-refractivity contribution < 1.29 is 14.3 Å². The van der Waals surface area contributed by atoms with Gasteiger partial charge in [-0.2, -0.15) is 0 Å². The smallest absolute Gasteiger partial charge is 0.410 e. The van der Waals surface area contributed by atoms with Crippen LogP contribution in [0.2, 0.25) is 0 Å². The van der Waals surface area contributed by atoms with Gasteiger partial charge in [0.05, 0.1) is 6.61 Å². The summed E-state index contributed by atoms with van der Waals surface area (Å²) in [5.74, 6) is 1.01. The van der Waals surface area contributed by atoms with Gasteiger partial charge in [-0.1, -0.05) is 15.9 Å². The molecule has 0 radical (unpaired) electrons. The second-order valence-electron chi connectivity index (χ2n) is 7.22. The summed E-state index contributed by atoms with van der Waals surface area (Å²) in [6.07, 6.45) is 3.59. The van der Waals surface area contributed by atoms with Gasteiger partial charge in [-0.05, 0) is 63.6 Å². The van der Waals surface area contributed by atoms with Crippen LogP contribution >= 0.6 is 15.9 Å². The molecular formula is C18H24BrNO3. The first-order chi connectivity index (χ1) is 10.8. The number of carbonyl (C=O) groups excluding carboxylic acids is 1. The lowest BCUT2D eigenvalue weighted by atomic mass is 9.96. The van der Waals surface area contributed by atoms with Crippen LogP contribution in [-0.2, 0) is 24.0 Å². The lowest BCUT2D eigenvalue weighted by Gasteiger charge is -2.26. The summed E-state index contributed by atoms with van der Waals surface area (Å²) < 4.78 is 12.5. The molecule has 2 aliphatic rings. The van der Waals surface area contributed by atoms with Crippen molar-refractivity contribution in [1.82, 2.24) is 4.90 Å². The molecule has 0 saturated heterocycles. The van der Waals surface area contributed by atoms with Crippen molar-refractivity contribution >= 4 is 22.0 Å². The van der Waals surface area contributed by atoms with Gasteiger partial charge < -0.3 is 14.4 Å². The maximum atomic E-state index is 12.3. The molecule has 0 fully saturated rings. The molecule has 2 heterocycles. The minimum absolute atomic E-state index is 0.220. The lowest BCUT2D eigenvalue weighted by Crippen LogP contribution is -2.38. The quantitative estimate of drug-likeness (QED) is 0.678. The molecule has 1 aromatic rings. The van der Waals surface area contributed by atoms with Crippen LogP contribution in [0.1, 0.15) is 43.9 Å². The normalized spacial score (nSPS) is 17.7. The van der Waals surface area contributed by atoms with Crippen LogP contribution in [0.4, 0.5) is 4.79 Å². The predicted octanol–water partition coefficient (Wildman–Crippen LogP) is 4.11. The Morgan fingerprint density at radius 1 is 1.22 bits per heavy atom. The van der Waals surface area contributed by atoms with Gasteiger partial charge in [-0.3, -0.25) is 0 Å². The topological polar surface area (TPSA) is 38.8 Å². The lowest BCUT2D eigenvalue weighted by molar-refractivity contribution is 0.0258. The molecule has 0 spiro atoms. The number of halogens is 1. The summed E-state index contributed by atoms with van der Waals surface area (Å²) in [6, 6.07) is 2.17. The molecule has 0 aliphatic carbocycles. The van der Waals surface area contributed by atoms with Gasteiger partial charge in [-0.25, -0.2) is 4.79 Å². The Kier molecular flexibility index (Phi) is 4.59. The van der Waals surface area contributed by atoms with Crippen molar-refractivity contribution in [3.05, 3.63) is 27.2 Å². The maximum absolute atomic E-state index is 12.3. The summed E-state index contributed by atoms with van der Waals surface area (Å²) in [5, 5.41) is 0. The highest BCUT2D eigenvalue weighted by molar-refractivity contribution is 9.10. The Morgan fingerprint density at radius 3 is 2.70 bits per heavy atom. The van der Waals surface area contributed by atoms with Gasteiger partial charge in [0.1, 0.15) is 11.4 Å². The fourth-order valence-electron chi connectivity index (χ4n) is 3.17. The van der Waals surface area contributed by atoms with Crippen molar-refractivity contribution in [2.45, 2.75) is 52.1 Å². The molecule has 3 rings (SSSR count). The van der Waals surface area contributed by atoms with Gasteiger partial charge in [0, 0.05) is 23.1 Å². The van der Waals surface area contributed by atoms with E-state index in [9.17, 15) is 4.79 Å². The third-order valence-electron chi connectivity index (χ3n) is 4.28. The minimum Gasteiger partial charge on any atom is -0.493 e. The standard InChI is InChI=1S/C18H24BrNO3/c1-18(2,3)23-17(21)20-8-6-12-11-15-14(5-4-10-22-15)16(19)13(12)7-9-20/h11H,4-10H2,1-3H3. The summed E-state index contributed by atoms with van der Waals surface area (Å²) in [4.78, 5) is 14.1. The number of hydrogen-bond donors (Lipinski definition) is 0. The average molecular weight is 382 g/mol. The van der Waals surface area contributed by atoms with E-state index in [0.29, 0.717) is 13.1 Å². The van der Waals surface area contributed by atoms with Crippen LogP contribution in [0, 0.1) is 0 Å². The Bertz CT molecular complexity index is 622. The van der Waals surface area contributed by atoms with Gasteiger partial charge in [0.25, 0.3) is 0 Å². The van der Waals surface area contributed by atoms with E-state index in [-0.39, 0.29) is 6.09 Å². The van der Waals surface area contributed by atoms with Crippen LogP contribution in [-0.4, -0.2) is 36.3 Å². The number of rotatable bonds is 0. The maximum Gasteiger partial charge on any atom is 0.410 e. The zero-order valence-corrected chi connectivity index (χ0v) is 15.7. The second kappa shape index (κ2) is 6.34. The van der Waals surface area contributed by atoms with Gasteiger partial charge >= 0.3 is 6.09 Å². The number of carbonyl (C=O) groups is 1. The number of benzene rings is 1. The Labute approximate surface area is 146 Å². The molecule has 1 aromatic carbocycles. The molecule has 0 N–H and O–H groups in total. The number of amides is 1. The van der Waals surface area contributed by atoms with Crippen LogP contribution in [0.3, 0.4) is 0 Å². The molecule has 5 heteroatoms. The predicted molar refractivity (Wildman–Crippen MR) is 93.2 cm³/mol. The van der Waals surface area contributed by atoms with Gasteiger partial charge in [-0.15, -0.1) is 0 Å². The van der Waals surface area contributed by atoms with E-state index in [0.717, 1.165) is 38.0 Å². The molecule has 0 atom stereocenters. The van der Waals surface area contributed by atoms with E-state index in [1.807, 2.05) is 25.7 Å². The highest BCUT2D eigenvalue weighted by Gasteiger charge is 2.27. The monoisotopic (exact) mass is 381 g/mol. The second-order valence-corrected chi connectivity index (χ2v) is 8.02. The van der Waals surface area contributed by atoms with Crippen molar-refractivity contribution in [1.29, 1.82) is 0 Å². The van der Waals surface area contributed by atoms with Gasteiger partial charge in [0.2, 0.25) is 0 Å². The van der Waals surface area contributed by atoms with E-state index in [2.05, 4.69) is 22.0 Å². The first kappa shape index (κ1) is 16.6. The van der Waals surface area contributed by atoms with Crippen molar-refractivity contribution in [2.75, 3.05) is 19.7 Å². The fraction of sp³-hybridized carbons (Fsp3) is 0.611. The van der Waals surface area contributed by atoms with Crippen LogP contribution in [0.25, 0.3) is 0 Å². The van der Waals surface area contributed by atoms with E-state index in [1.54, 1.807) is 0 Å². The van der Waals surface area contributed by atoms with Crippen LogP contribution in [0.5, 0.6) is 5.75 Å². The Hall–Kier alpha value is -1.23. The van der Waals surface area contributed by atoms with Crippen molar-refractivity contribution in [3.8, 4) is 5.75 Å². The zero-order chi connectivity index (χ0) is 16.6. The van der Waals surface area contributed by atoms with E-state index in [1.165, 1.54) is 21.2 Å². The molecular weight excluding hydrogens is 358 g/mol. The summed E-state index contributed by atoms with van der Waals surface area (Å²) in [5.41, 5.74) is 3.42. The first-order valence-electron chi connectivity index (χ1n) is 8.29. The highest BCUT2D eigenvalue weighted by Crippen LogP contribution is 2.37. The summed E-state index contributed by atoms with van der Waals surface area (Å²) in [7, 11) is 0. The fourth-order valence-corrected chi connectivity index (χ4v) is 4.02. The Balaban J connectivity index is 1.80. The number of hydrogen-bond acceptors (Lipinski definition) is 3. The molecule has 23 heavy (non-hydrogen) atoms. The van der Waals surface area contributed by atoms with Crippen LogP contribution < -0.4 is 4.74 Å². The van der Waals surface area contributed by atoms with Crippen molar-refractivity contribution in [3.63, 3.8) is 0 Å². The molecule has 0 aromatic heterocycles. The summed E-state index contributed by atoms with van der Waals surface area (Å²) in [6.45, 7) is 7.88. The molecule has 4 nitrogen and oxygen atoms in total. The third kappa shape index (κ3) is 3.65. The first-order valence-corrected chi connectivity index (χ1v) is 9.08. The highest BCUT2D eigenvalue weighted by atomic mass is 79.9. The third-order valence-corrected chi connectivity index (χ3v) is 5.24. The largest absolute Gasteiger partial charge is 0.493 e. The number of fused-ring (bicyclic) bond motifs is 2. The number of nitrogens with zero attached hydrogens (tertiary/aromatic N) is 1. The minimum atomic E-state index is -0.455. The average Bonchev–Trinajstić information content (AvgIpc) is 2.68. The molecule has 0 bridgehead atoms. The molecule has 0 saturated carbocycles. The van der Waals surface area contributed by atoms with E-state index in [4.69, 9.17) is 9.47 Å². The van der Waals surface area contributed by atoms with Crippen LogP contribution in [0.15, 0.2) is 10.5 Å². The summed E-state index contributed by atoms with van der Waals surface area (Å²) >= 11 is 3.78. The van der Waals surface area contributed by atoms with E-state index < -0.39 is 5.60 Å². The SMILES string of the molecule is CC(C)(C)OC(=O)N1CCc2cc3c(c(Br)c2CC1)CCCO3. The zero-order valence-electron chi connectivity index (χ0n) is 14.1. The Morgan fingerprint density at radius 2 is 1.96 bits per heavy atom.